The van der Waals surface area contributed by atoms with Crippen LogP contribution in [0, 0.1) is 6.92 Å². The summed E-state index contributed by atoms with van der Waals surface area (Å²) in [5.74, 6) is 0. The molecule has 24 heavy (non-hydrogen) atoms. The van der Waals surface area contributed by atoms with Gasteiger partial charge < -0.3 is 0 Å². The van der Waals surface area contributed by atoms with Crippen LogP contribution < -0.4 is 0 Å². The van der Waals surface area contributed by atoms with Crippen LogP contribution in [-0.2, 0) is 10.0 Å². The Kier molecular flexibility index (Phi) is 6.05. The number of azide groups is 2. The van der Waals surface area contributed by atoms with Crippen molar-refractivity contribution in [2.24, 2.45) is 10.2 Å². The van der Waals surface area contributed by atoms with Gasteiger partial charge in [-0.2, -0.15) is 4.31 Å². The smallest absolute Gasteiger partial charge is 0.207 e. The standard InChI is InChI=1S/C14H19N7O2S/c1-11-5-7-14(8-6-11)24(22,23)21-12(9-17-19-15)3-2-4-13(21)10-18-20-16/h5-8,12-13H,2-4,9-10H2,1H3/t12-,13+. The monoisotopic (exact) mass is 349 g/mol. The number of hydrogen-bond donors (Lipinski definition) is 0. The SMILES string of the molecule is Cc1ccc(S(=O)(=O)N2[C@@H](CN=[N+]=[N-])CCC[C@H]2CN=[N+]=[N-])cc1. The molecule has 2 rings (SSSR count). The molecule has 1 saturated heterocycles. The van der Waals surface area contributed by atoms with Crippen LogP contribution in [0.25, 0.3) is 20.9 Å². The van der Waals surface area contributed by atoms with E-state index in [4.69, 9.17) is 11.1 Å². The Bertz CT molecular complexity index is 737. The average Bonchev–Trinajstić information content (AvgIpc) is 2.58. The molecule has 1 aliphatic heterocycles. The Hall–Kier alpha value is -2.25. The van der Waals surface area contributed by atoms with Crippen LogP contribution in [0.5, 0.6) is 0 Å². The van der Waals surface area contributed by atoms with Crippen molar-refractivity contribution in [1.82, 2.24) is 4.31 Å². The molecule has 9 nitrogen and oxygen atoms in total. The Morgan fingerprint density at radius 1 is 1.08 bits per heavy atom. The van der Waals surface area contributed by atoms with Gasteiger partial charge in [0.05, 0.1) is 4.90 Å². The van der Waals surface area contributed by atoms with Gasteiger partial charge in [0.1, 0.15) is 0 Å². The molecule has 1 aromatic rings. The summed E-state index contributed by atoms with van der Waals surface area (Å²) in [6.45, 7) is 2.01. The molecule has 0 amide bonds. The summed E-state index contributed by atoms with van der Waals surface area (Å²) in [5, 5.41) is 7.11. The number of piperidine rings is 1. The first-order valence-corrected chi connectivity index (χ1v) is 9.06. The summed E-state index contributed by atoms with van der Waals surface area (Å²) < 4.78 is 27.6. The van der Waals surface area contributed by atoms with Crippen molar-refractivity contribution >= 4 is 10.0 Å². The molecule has 0 radical (unpaired) electrons. The number of nitrogens with zero attached hydrogens (tertiary/aromatic N) is 7. The van der Waals surface area contributed by atoms with Gasteiger partial charge >= 0.3 is 0 Å². The highest BCUT2D eigenvalue weighted by molar-refractivity contribution is 7.89. The first-order valence-electron chi connectivity index (χ1n) is 7.62. The molecule has 0 unspecified atom stereocenters. The van der Waals surface area contributed by atoms with E-state index in [9.17, 15) is 8.42 Å². The van der Waals surface area contributed by atoms with E-state index in [1.807, 2.05) is 6.92 Å². The summed E-state index contributed by atoms with van der Waals surface area (Å²) in [5.41, 5.74) is 18.1. The lowest BCUT2D eigenvalue weighted by molar-refractivity contribution is 0.188. The van der Waals surface area contributed by atoms with Crippen molar-refractivity contribution in [3.05, 3.63) is 50.7 Å². The maximum absolute atomic E-state index is 13.1. The molecule has 1 fully saturated rings. The molecule has 0 N–H and O–H groups in total. The predicted octanol–water partition coefficient (Wildman–Crippen LogP) is 3.53. The van der Waals surface area contributed by atoms with Gasteiger partial charge in [-0.1, -0.05) is 34.3 Å². The van der Waals surface area contributed by atoms with Crippen LogP contribution in [0.2, 0.25) is 0 Å². The predicted molar refractivity (Wildman–Crippen MR) is 89.7 cm³/mol. The van der Waals surface area contributed by atoms with E-state index in [2.05, 4.69) is 20.1 Å². The molecule has 0 aliphatic carbocycles. The van der Waals surface area contributed by atoms with E-state index >= 15 is 0 Å². The highest BCUT2D eigenvalue weighted by Crippen LogP contribution is 2.30. The van der Waals surface area contributed by atoms with E-state index in [1.165, 1.54) is 4.31 Å². The van der Waals surface area contributed by atoms with E-state index in [1.54, 1.807) is 24.3 Å². The van der Waals surface area contributed by atoms with Crippen LogP contribution >= 0.6 is 0 Å². The molecular weight excluding hydrogens is 330 g/mol. The third-order valence-corrected chi connectivity index (χ3v) is 6.12. The van der Waals surface area contributed by atoms with Gasteiger partial charge in [-0.3, -0.25) is 0 Å². The molecule has 10 heteroatoms. The van der Waals surface area contributed by atoms with Crippen molar-refractivity contribution in [2.75, 3.05) is 13.1 Å². The van der Waals surface area contributed by atoms with E-state index in [0.29, 0.717) is 12.8 Å². The molecule has 0 saturated carbocycles. The highest BCUT2D eigenvalue weighted by Gasteiger charge is 2.39. The zero-order valence-electron chi connectivity index (χ0n) is 13.4. The van der Waals surface area contributed by atoms with Crippen molar-refractivity contribution in [3.63, 3.8) is 0 Å². The number of sulfonamides is 1. The minimum absolute atomic E-state index is 0.0638. The summed E-state index contributed by atoms with van der Waals surface area (Å²) in [4.78, 5) is 5.67. The van der Waals surface area contributed by atoms with Gasteiger partial charge in [-0.05, 0) is 43.0 Å². The second-order valence-electron chi connectivity index (χ2n) is 5.71. The maximum atomic E-state index is 13.1. The summed E-state index contributed by atoms with van der Waals surface area (Å²) >= 11 is 0. The number of benzene rings is 1. The zero-order valence-corrected chi connectivity index (χ0v) is 14.2. The fourth-order valence-corrected chi connectivity index (χ4v) is 4.82. The fraction of sp³-hybridized carbons (Fsp3) is 0.571. The van der Waals surface area contributed by atoms with Crippen LogP contribution in [0.3, 0.4) is 0 Å². The van der Waals surface area contributed by atoms with Gasteiger partial charge in [0.15, 0.2) is 0 Å². The van der Waals surface area contributed by atoms with Gasteiger partial charge in [0.2, 0.25) is 10.0 Å². The molecule has 2 atom stereocenters. The molecule has 0 aromatic heterocycles. The Morgan fingerprint density at radius 2 is 1.58 bits per heavy atom. The Balaban J connectivity index is 2.43. The highest BCUT2D eigenvalue weighted by atomic mass is 32.2. The normalized spacial score (nSPS) is 21.5. The number of aryl methyl sites for hydroxylation is 1. The van der Waals surface area contributed by atoms with Crippen molar-refractivity contribution < 1.29 is 8.42 Å². The Labute approximate surface area is 140 Å². The third-order valence-electron chi connectivity index (χ3n) is 4.10. The zero-order chi connectivity index (χ0) is 17.6. The molecule has 1 aliphatic rings. The van der Waals surface area contributed by atoms with Crippen LogP contribution in [0.15, 0.2) is 39.4 Å². The van der Waals surface area contributed by atoms with Gasteiger partial charge in [-0.15, -0.1) is 0 Å². The molecular formula is C14H19N7O2S. The Morgan fingerprint density at radius 3 is 2.04 bits per heavy atom. The molecule has 1 heterocycles. The second-order valence-corrected chi connectivity index (χ2v) is 7.56. The minimum Gasteiger partial charge on any atom is -0.207 e. The first-order chi connectivity index (χ1) is 11.5. The van der Waals surface area contributed by atoms with Crippen LogP contribution in [0.1, 0.15) is 24.8 Å². The lowest BCUT2D eigenvalue weighted by Crippen LogP contribution is -2.52. The third kappa shape index (κ3) is 3.98. The van der Waals surface area contributed by atoms with Gasteiger partial charge in [0.25, 0.3) is 0 Å². The molecule has 1 aromatic carbocycles. The summed E-state index contributed by atoms with van der Waals surface area (Å²) in [6.07, 6.45) is 2.00. The first kappa shape index (κ1) is 18.1. The molecule has 0 spiro atoms. The quantitative estimate of drug-likeness (QED) is 0.441. The van der Waals surface area contributed by atoms with E-state index in [0.717, 1.165) is 12.0 Å². The topological polar surface area (TPSA) is 135 Å². The van der Waals surface area contributed by atoms with Crippen molar-refractivity contribution in [1.29, 1.82) is 0 Å². The maximum Gasteiger partial charge on any atom is 0.243 e. The van der Waals surface area contributed by atoms with E-state index in [-0.39, 0.29) is 18.0 Å². The van der Waals surface area contributed by atoms with Crippen LogP contribution in [-0.4, -0.2) is 37.9 Å². The number of rotatable bonds is 6. The van der Waals surface area contributed by atoms with E-state index < -0.39 is 22.1 Å². The van der Waals surface area contributed by atoms with Crippen LogP contribution in [0.4, 0.5) is 0 Å². The van der Waals surface area contributed by atoms with Gasteiger partial charge in [0, 0.05) is 35.0 Å². The summed E-state index contributed by atoms with van der Waals surface area (Å²) in [7, 11) is -3.77. The van der Waals surface area contributed by atoms with Crippen molar-refractivity contribution in [3.8, 4) is 0 Å². The largest absolute Gasteiger partial charge is 0.243 e. The average molecular weight is 349 g/mol. The second kappa shape index (κ2) is 8.03. The lowest BCUT2D eigenvalue weighted by atomic mass is 9.98. The molecule has 128 valence electrons. The van der Waals surface area contributed by atoms with Crippen molar-refractivity contribution in [2.45, 2.75) is 43.2 Å². The fourth-order valence-electron chi connectivity index (χ4n) is 2.97. The molecule has 0 bridgehead atoms. The van der Waals surface area contributed by atoms with Gasteiger partial charge in [-0.25, -0.2) is 8.42 Å². The lowest BCUT2D eigenvalue weighted by Gasteiger charge is -2.40. The minimum atomic E-state index is -3.77. The summed E-state index contributed by atoms with van der Waals surface area (Å²) in [6, 6.07) is 5.74. The number of hydrogen-bond acceptors (Lipinski definition) is 4.